The number of anilines is 1. The molecule has 134 valence electrons. The Labute approximate surface area is 153 Å². The minimum Gasteiger partial charge on any atom is -0.507 e. The van der Waals surface area contributed by atoms with Crippen LogP contribution in [0.3, 0.4) is 0 Å². The molecule has 1 aromatic heterocycles. The van der Waals surface area contributed by atoms with Crippen molar-refractivity contribution in [1.82, 2.24) is 15.3 Å². The van der Waals surface area contributed by atoms with Crippen LogP contribution < -0.4 is 10.6 Å². The van der Waals surface area contributed by atoms with E-state index in [0.29, 0.717) is 23.5 Å². The maximum atomic E-state index is 10.2. The highest BCUT2D eigenvalue weighted by atomic mass is 16.3. The van der Waals surface area contributed by atoms with Crippen molar-refractivity contribution in [3.63, 3.8) is 0 Å². The van der Waals surface area contributed by atoms with Crippen molar-refractivity contribution in [2.45, 2.75) is 37.8 Å². The van der Waals surface area contributed by atoms with E-state index in [4.69, 9.17) is 4.98 Å². The smallest absolute Gasteiger partial charge is 0.165 e. The van der Waals surface area contributed by atoms with E-state index in [1.165, 1.54) is 12.8 Å². The number of nitrogens with one attached hydrogen (secondary N) is 2. The Bertz CT molecular complexity index is 903. The van der Waals surface area contributed by atoms with Gasteiger partial charge in [-0.15, -0.1) is 0 Å². The maximum absolute atomic E-state index is 10.2. The molecule has 4 rings (SSSR count). The largest absolute Gasteiger partial charge is 0.507 e. The molecule has 0 saturated heterocycles. The summed E-state index contributed by atoms with van der Waals surface area (Å²) in [6, 6.07) is 16.3. The van der Waals surface area contributed by atoms with Gasteiger partial charge in [-0.2, -0.15) is 0 Å². The van der Waals surface area contributed by atoms with Gasteiger partial charge < -0.3 is 15.7 Å². The first-order valence-corrected chi connectivity index (χ1v) is 9.23. The van der Waals surface area contributed by atoms with Crippen molar-refractivity contribution >= 4 is 16.7 Å². The van der Waals surface area contributed by atoms with Crippen LogP contribution in [0.25, 0.3) is 22.3 Å². The molecule has 5 heteroatoms. The second-order valence-electron chi connectivity index (χ2n) is 6.91. The quantitative estimate of drug-likeness (QED) is 0.666. The van der Waals surface area contributed by atoms with E-state index in [0.717, 1.165) is 29.6 Å². The van der Waals surface area contributed by atoms with Crippen molar-refractivity contribution in [3.05, 3.63) is 48.5 Å². The van der Waals surface area contributed by atoms with Gasteiger partial charge in [-0.05, 0) is 57.0 Å². The summed E-state index contributed by atoms with van der Waals surface area (Å²) in [7, 11) is 2.04. The minimum atomic E-state index is 0.197. The Morgan fingerprint density at radius 3 is 2.35 bits per heavy atom. The zero-order chi connectivity index (χ0) is 17.9. The lowest BCUT2D eigenvalue weighted by Crippen LogP contribution is -2.35. The van der Waals surface area contributed by atoms with Crippen molar-refractivity contribution in [3.8, 4) is 17.1 Å². The highest BCUT2D eigenvalue weighted by Crippen LogP contribution is 2.31. The number of phenolic OH excluding ortho intramolecular Hbond substituents is 1. The lowest BCUT2D eigenvalue weighted by Gasteiger charge is -2.29. The van der Waals surface area contributed by atoms with Crippen LogP contribution in [0.2, 0.25) is 0 Å². The van der Waals surface area contributed by atoms with Gasteiger partial charge in [-0.3, -0.25) is 0 Å². The van der Waals surface area contributed by atoms with Gasteiger partial charge in [0.2, 0.25) is 0 Å². The van der Waals surface area contributed by atoms with Crippen LogP contribution in [-0.2, 0) is 0 Å². The molecule has 0 bridgehead atoms. The van der Waals surface area contributed by atoms with Crippen molar-refractivity contribution in [1.29, 1.82) is 0 Å². The topological polar surface area (TPSA) is 70.1 Å². The zero-order valence-corrected chi connectivity index (χ0v) is 14.9. The number of fused-ring (bicyclic) bond motifs is 1. The van der Waals surface area contributed by atoms with Crippen LogP contribution >= 0.6 is 0 Å². The van der Waals surface area contributed by atoms with Gasteiger partial charge in [0.05, 0.1) is 11.1 Å². The number of rotatable bonds is 4. The number of phenols is 1. The van der Waals surface area contributed by atoms with Gasteiger partial charge in [-0.1, -0.05) is 24.3 Å². The lowest BCUT2D eigenvalue weighted by molar-refractivity contribution is 0.371. The predicted molar refractivity (Wildman–Crippen MR) is 105 cm³/mol. The second kappa shape index (κ2) is 7.30. The van der Waals surface area contributed by atoms with Crippen LogP contribution in [-0.4, -0.2) is 34.2 Å². The molecule has 1 aliphatic carbocycles. The summed E-state index contributed by atoms with van der Waals surface area (Å²) in [6.07, 6.45) is 4.58. The molecule has 1 fully saturated rings. The second-order valence-corrected chi connectivity index (χ2v) is 6.91. The first-order valence-electron chi connectivity index (χ1n) is 9.23. The average Bonchev–Trinajstić information content (AvgIpc) is 2.69. The summed E-state index contributed by atoms with van der Waals surface area (Å²) in [5.74, 6) is 1.60. The monoisotopic (exact) mass is 348 g/mol. The molecule has 0 unspecified atom stereocenters. The molecular weight excluding hydrogens is 324 g/mol. The number of benzene rings is 2. The Hall–Kier alpha value is -2.66. The van der Waals surface area contributed by atoms with Gasteiger partial charge in [0.25, 0.3) is 0 Å². The third-order valence-corrected chi connectivity index (χ3v) is 5.22. The standard InChI is InChI=1S/C21H24N4O/c1-22-14-10-12-15(13-11-14)23-20-16-6-2-4-8-18(16)24-21(25-20)17-7-3-5-9-19(17)26/h2-9,14-15,22,26H,10-13H2,1H3,(H,23,24,25). The van der Waals surface area contributed by atoms with Crippen LogP contribution in [0.15, 0.2) is 48.5 Å². The molecule has 1 aliphatic rings. The summed E-state index contributed by atoms with van der Waals surface area (Å²) in [4.78, 5) is 9.43. The zero-order valence-electron chi connectivity index (χ0n) is 14.9. The summed E-state index contributed by atoms with van der Waals surface area (Å²) >= 11 is 0. The highest BCUT2D eigenvalue weighted by Gasteiger charge is 2.21. The molecule has 1 heterocycles. The van der Waals surface area contributed by atoms with Gasteiger partial charge in [0.15, 0.2) is 5.82 Å². The number of hydrogen-bond acceptors (Lipinski definition) is 5. The Morgan fingerprint density at radius 2 is 1.58 bits per heavy atom. The van der Waals surface area contributed by atoms with Gasteiger partial charge in [-0.25, -0.2) is 9.97 Å². The van der Waals surface area contributed by atoms with E-state index in [2.05, 4.69) is 15.6 Å². The third-order valence-electron chi connectivity index (χ3n) is 5.22. The molecule has 3 N–H and O–H groups in total. The number of nitrogens with zero attached hydrogens (tertiary/aromatic N) is 2. The fourth-order valence-electron chi connectivity index (χ4n) is 3.69. The highest BCUT2D eigenvalue weighted by molar-refractivity contribution is 5.91. The minimum absolute atomic E-state index is 0.197. The number of hydrogen-bond donors (Lipinski definition) is 3. The number of aromatic nitrogens is 2. The molecule has 0 spiro atoms. The van der Waals surface area contributed by atoms with E-state index >= 15 is 0 Å². The lowest BCUT2D eigenvalue weighted by atomic mass is 9.91. The third kappa shape index (κ3) is 3.35. The van der Waals surface area contributed by atoms with Crippen LogP contribution in [0.5, 0.6) is 5.75 Å². The normalized spacial score (nSPS) is 20.2. The van der Waals surface area contributed by atoms with E-state index in [1.54, 1.807) is 12.1 Å². The summed E-state index contributed by atoms with van der Waals surface area (Å²) in [6.45, 7) is 0. The maximum Gasteiger partial charge on any atom is 0.165 e. The molecule has 0 aliphatic heterocycles. The molecule has 1 saturated carbocycles. The van der Waals surface area contributed by atoms with E-state index in [9.17, 15) is 5.11 Å². The van der Waals surface area contributed by atoms with Crippen LogP contribution in [0, 0.1) is 0 Å². The number of aromatic hydroxyl groups is 1. The molecule has 3 aromatic rings. The van der Waals surface area contributed by atoms with Gasteiger partial charge >= 0.3 is 0 Å². The Morgan fingerprint density at radius 1 is 0.885 bits per heavy atom. The molecule has 0 amide bonds. The average molecular weight is 348 g/mol. The fourth-order valence-corrected chi connectivity index (χ4v) is 3.69. The molecule has 5 nitrogen and oxygen atoms in total. The molecule has 0 atom stereocenters. The Balaban J connectivity index is 1.70. The van der Waals surface area contributed by atoms with Gasteiger partial charge in [0.1, 0.15) is 11.6 Å². The van der Waals surface area contributed by atoms with Crippen molar-refractivity contribution in [2.75, 3.05) is 12.4 Å². The van der Waals surface area contributed by atoms with Gasteiger partial charge in [0, 0.05) is 17.5 Å². The van der Waals surface area contributed by atoms with Crippen LogP contribution in [0.1, 0.15) is 25.7 Å². The van der Waals surface area contributed by atoms with E-state index < -0.39 is 0 Å². The predicted octanol–water partition coefficient (Wildman–Crippen LogP) is 3.94. The van der Waals surface area contributed by atoms with Crippen molar-refractivity contribution in [2.24, 2.45) is 0 Å². The molecule has 2 aromatic carbocycles. The van der Waals surface area contributed by atoms with E-state index in [-0.39, 0.29) is 5.75 Å². The fraction of sp³-hybridized carbons (Fsp3) is 0.333. The number of para-hydroxylation sites is 2. The summed E-state index contributed by atoms with van der Waals surface area (Å²) < 4.78 is 0. The summed E-state index contributed by atoms with van der Waals surface area (Å²) in [5.41, 5.74) is 1.53. The first-order chi connectivity index (χ1) is 12.7. The van der Waals surface area contributed by atoms with Crippen molar-refractivity contribution < 1.29 is 5.11 Å². The Kier molecular flexibility index (Phi) is 4.71. The SMILES string of the molecule is CNC1CCC(Nc2nc(-c3ccccc3O)nc3ccccc23)CC1. The summed E-state index contributed by atoms with van der Waals surface area (Å²) in [5, 5.41) is 18.2. The van der Waals surface area contributed by atoms with Crippen LogP contribution in [0.4, 0.5) is 5.82 Å². The molecular formula is C21H24N4O. The molecule has 0 radical (unpaired) electrons. The molecule has 26 heavy (non-hydrogen) atoms. The first kappa shape index (κ1) is 16.8. The van der Waals surface area contributed by atoms with E-state index in [1.807, 2.05) is 43.4 Å².